The second-order valence-electron chi connectivity index (χ2n) is 24.4. The van der Waals surface area contributed by atoms with Gasteiger partial charge in [0.1, 0.15) is 0 Å². The van der Waals surface area contributed by atoms with Gasteiger partial charge >= 0.3 is 70.4 Å². The van der Waals surface area contributed by atoms with Crippen molar-refractivity contribution in [1.29, 1.82) is 0 Å². The maximum atomic E-state index is 5.97. The molecule has 30 nitrogen and oxygen atoms in total. The highest BCUT2D eigenvalue weighted by Crippen LogP contribution is 2.25. The molecule has 0 aliphatic carbocycles. The van der Waals surface area contributed by atoms with Gasteiger partial charge in [-0.05, 0) is 187 Å². The predicted molar refractivity (Wildman–Crippen MR) is 449 cm³/mol. The second-order valence-corrected chi connectivity index (χ2v) is 47.7. The minimum absolute atomic E-state index is 0.609. The molecule has 0 unspecified atom stereocenters. The van der Waals surface area contributed by atoms with Crippen LogP contribution in [0.4, 0.5) is 0 Å². The third-order valence-corrected chi connectivity index (χ3v) is 41.4. The zero-order chi connectivity index (χ0) is 82.4. The molecule has 4 N–H and O–H groups in total. The molecule has 0 rings (SSSR count). The Bertz CT molecular complexity index is 1760. The molecular formula is C70H166N6O24Si8. The van der Waals surface area contributed by atoms with Crippen LogP contribution in [-0.4, -0.2) is 346 Å². The fourth-order valence-electron chi connectivity index (χ4n) is 12.4. The van der Waals surface area contributed by atoms with E-state index < -0.39 is 70.4 Å². The van der Waals surface area contributed by atoms with Crippen LogP contribution in [0, 0.1) is 0 Å². The first-order valence-electron chi connectivity index (χ1n) is 39.8. The van der Waals surface area contributed by atoms with Crippen molar-refractivity contribution in [1.82, 2.24) is 19.6 Å². The molecule has 108 heavy (non-hydrogen) atoms. The Morgan fingerprint density at radius 3 is 0.454 bits per heavy atom. The van der Waals surface area contributed by atoms with Crippen LogP contribution in [0.3, 0.4) is 0 Å². The number of nitrogens with two attached hydrogens (primary N) is 2. The Hall–Kier alpha value is 0.0151. The van der Waals surface area contributed by atoms with Gasteiger partial charge in [-0.15, -0.1) is 13.2 Å². The van der Waals surface area contributed by atoms with Gasteiger partial charge in [-0.1, -0.05) is 12.2 Å². The third-order valence-electron chi connectivity index (χ3n) is 17.4. The highest BCUT2D eigenvalue weighted by Gasteiger charge is 2.45. The molecular weight excluding hydrogens is 1530 g/mol. The van der Waals surface area contributed by atoms with Crippen molar-refractivity contribution < 1.29 is 106 Å². The van der Waals surface area contributed by atoms with Crippen LogP contribution in [0.1, 0.15) is 134 Å². The Labute approximate surface area is 668 Å². The van der Waals surface area contributed by atoms with E-state index in [0.717, 1.165) is 178 Å². The van der Waals surface area contributed by atoms with E-state index in [1.807, 2.05) is 95.2 Å². The first-order chi connectivity index (χ1) is 52.0. The van der Waals surface area contributed by atoms with Crippen molar-refractivity contribution in [3.05, 3.63) is 25.3 Å². The fraction of sp³-hybridized carbons (Fsp3) is 0.943. The highest BCUT2D eigenvalue weighted by atomic mass is 28.4. The summed E-state index contributed by atoms with van der Waals surface area (Å²) in [5.74, 6) is 0. The van der Waals surface area contributed by atoms with Gasteiger partial charge < -0.3 is 127 Å². The molecule has 652 valence electrons. The zero-order valence-electron chi connectivity index (χ0n) is 73.0. The van der Waals surface area contributed by atoms with Crippen molar-refractivity contribution in [2.45, 2.75) is 183 Å². The summed E-state index contributed by atoms with van der Waals surface area (Å²) >= 11 is 0. The molecule has 0 aromatic carbocycles. The predicted octanol–water partition coefficient (Wildman–Crippen LogP) is 10.3. The average Bonchev–Trinajstić information content (AvgIpc) is 0.890. The Morgan fingerprint density at radius 2 is 0.343 bits per heavy atom. The van der Waals surface area contributed by atoms with Crippen LogP contribution in [0.5, 0.6) is 0 Å². The normalized spacial score (nSPS) is 12.8. The van der Waals surface area contributed by atoms with Crippen molar-refractivity contribution in [2.75, 3.05) is 256 Å². The molecule has 0 atom stereocenters. The highest BCUT2D eigenvalue weighted by molar-refractivity contribution is 6.63. The van der Waals surface area contributed by atoms with Gasteiger partial charge in [-0.2, -0.15) is 0 Å². The van der Waals surface area contributed by atoms with Gasteiger partial charge in [-0.25, -0.2) is 0 Å². The molecule has 0 aliphatic rings. The van der Waals surface area contributed by atoms with Crippen LogP contribution in [0.25, 0.3) is 0 Å². The molecule has 0 radical (unpaired) electrons. The van der Waals surface area contributed by atoms with Crippen LogP contribution < -0.4 is 11.5 Å². The Kier molecular flexibility index (Phi) is 77.7. The van der Waals surface area contributed by atoms with Crippen molar-refractivity contribution in [2.24, 2.45) is 11.5 Å². The van der Waals surface area contributed by atoms with Gasteiger partial charge in [0.2, 0.25) is 0 Å². The van der Waals surface area contributed by atoms with Gasteiger partial charge in [0.15, 0.2) is 0 Å². The van der Waals surface area contributed by atoms with E-state index >= 15 is 0 Å². The van der Waals surface area contributed by atoms with Crippen molar-refractivity contribution >= 4 is 70.4 Å². The molecule has 0 saturated carbocycles. The monoisotopic (exact) mass is 1700 g/mol. The van der Waals surface area contributed by atoms with Gasteiger partial charge in [-0.3, -0.25) is 9.80 Å². The maximum Gasteiger partial charge on any atom is 0.500 e. The lowest BCUT2D eigenvalue weighted by atomic mass is 10.3. The minimum Gasteiger partial charge on any atom is -0.377 e. The molecule has 0 aliphatic heterocycles. The molecule has 0 aromatic heterocycles. The Morgan fingerprint density at radius 1 is 0.213 bits per heavy atom. The summed E-state index contributed by atoms with van der Waals surface area (Å²) in [5.41, 5.74) is 11.6. The molecule has 0 heterocycles. The van der Waals surface area contributed by atoms with Gasteiger partial charge in [0.25, 0.3) is 0 Å². The van der Waals surface area contributed by atoms with Crippen molar-refractivity contribution in [3.63, 3.8) is 0 Å². The first kappa shape index (κ1) is 114. The lowest BCUT2D eigenvalue weighted by Crippen LogP contribution is -2.47. The quantitative estimate of drug-likeness (QED) is 0.0423. The minimum atomic E-state index is -2.59. The van der Waals surface area contributed by atoms with Crippen LogP contribution in [0.2, 0.25) is 48.4 Å². The summed E-state index contributed by atoms with van der Waals surface area (Å²) in [7, 11) is -0.619. The first-order valence-corrected chi connectivity index (χ1v) is 55.3. The van der Waals surface area contributed by atoms with Crippen LogP contribution in [0.15, 0.2) is 25.3 Å². The largest absolute Gasteiger partial charge is 0.500 e. The Balaban J connectivity index is -0.000000671. The number of rotatable bonds is 76. The molecule has 0 spiro atoms. The summed E-state index contributed by atoms with van der Waals surface area (Å²) in [6.45, 7) is 51.1. The molecule has 0 fully saturated rings. The SMILES string of the molecule is C=CCN(CCC[Si](OC)(OC)OC)CCC[Si](OC)(OC)OC.C=CCN(CCC[Si](OCC)(OCC)OCC)CCC[Si](OCC)(OCC)OCC.CCO[Si](CCCN(CCN)CCC[Si](OCC)(OCC)OCC)(OCC)OCC.CO[Si](CCCN(CCN)CCC[Si](OC)(OC)OC)(OC)OC. The van der Waals surface area contributed by atoms with E-state index in [9.17, 15) is 0 Å². The maximum absolute atomic E-state index is 5.97. The van der Waals surface area contributed by atoms with E-state index in [0.29, 0.717) is 92.4 Å². The van der Waals surface area contributed by atoms with Gasteiger partial charge in [0.05, 0.1) is 0 Å². The molecule has 0 saturated heterocycles. The summed E-state index contributed by atoms with van der Waals surface area (Å²) in [5, 5.41) is 0. The summed E-state index contributed by atoms with van der Waals surface area (Å²) in [4.78, 5) is 9.47. The van der Waals surface area contributed by atoms with Crippen molar-refractivity contribution in [3.8, 4) is 0 Å². The summed E-state index contributed by atoms with van der Waals surface area (Å²) in [6, 6.07) is 6.43. The van der Waals surface area contributed by atoms with Gasteiger partial charge in [0, 0.05) is 252 Å². The smallest absolute Gasteiger partial charge is 0.377 e. The fourth-order valence-corrected chi connectivity index (χ4v) is 29.6. The van der Waals surface area contributed by atoms with E-state index in [2.05, 4.69) is 32.8 Å². The summed E-state index contributed by atoms with van der Waals surface area (Å²) < 4.78 is 137. The molecule has 0 amide bonds. The zero-order valence-corrected chi connectivity index (χ0v) is 81.0. The second kappa shape index (κ2) is 73.4. The molecule has 0 bridgehead atoms. The number of hydrogen-bond acceptors (Lipinski definition) is 30. The summed E-state index contributed by atoms with van der Waals surface area (Å²) in [6.07, 6.45) is 11.5. The van der Waals surface area contributed by atoms with E-state index in [1.54, 1.807) is 85.3 Å². The standard InChI is InChI=1S/C21H47NO6Si2.C20H48N2O6Si2.C15H35NO6Si2.C14H36N2O6Si2/c1-8-17-22(18-15-20-29(23-9-2,24-10-3)25-11-4)19-16-21-30(26-12-5,27-13-6)28-14-7;1-7-23-29(24-8-2,25-9-3)19-13-16-22(18-15-21)17-14-20-30(26-10-4,27-11-5)28-12-6;1-8-11-16(12-9-14-23(17-2,18-3)19-4)13-10-15-24(20-5,21-6)22-7;1-17-23(18-2,19-3)13-7-10-16(12-9-15)11-8-14-24(20-4,21-5)22-6/h8H,1,9-21H2,2-7H3;7-21H2,1-6H3;8H,1,9-15H2,2-7H3;7-15H2,1-6H3. The van der Waals surface area contributed by atoms with Crippen LogP contribution in [-0.2, 0) is 106 Å². The lowest BCUT2D eigenvalue weighted by Gasteiger charge is -2.31. The van der Waals surface area contributed by atoms with Crippen LogP contribution >= 0.6 is 0 Å². The van der Waals surface area contributed by atoms with E-state index in [4.69, 9.17) is 118 Å². The van der Waals surface area contributed by atoms with E-state index in [1.165, 1.54) is 0 Å². The average molecular weight is 1700 g/mol. The molecule has 38 heteroatoms. The van der Waals surface area contributed by atoms with E-state index in [-0.39, 0.29) is 0 Å². The lowest BCUT2D eigenvalue weighted by molar-refractivity contribution is 0.0678. The molecule has 0 aromatic rings. The third kappa shape index (κ3) is 50.6. The topological polar surface area (TPSA) is 287 Å². The number of hydrogen-bond donors (Lipinski definition) is 2. The number of nitrogens with zero attached hydrogens (tertiary/aromatic N) is 4.